The fourth-order valence-electron chi connectivity index (χ4n) is 1.83. The van der Waals surface area contributed by atoms with Crippen molar-refractivity contribution >= 4 is 10.1 Å². The number of benzene rings is 1. The molecule has 1 unspecified atom stereocenters. The topological polar surface area (TPSA) is 72.8 Å². The first-order valence-electron chi connectivity index (χ1n) is 6.19. The molecular weight excluding hydrogens is 325 g/mol. The highest BCUT2D eigenvalue weighted by atomic mass is 32.2. The summed E-state index contributed by atoms with van der Waals surface area (Å²) in [6, 6.07) is 3.69. The van der Waals surface area contributed by atoms with Crippen LogP contribution in [0.2, 0.25) is 0 Å². The zero-order chi connectivity index (χ0) is 17.2. The van der Waals surface area contributed by atoms with Crippen LogP contribution in [-0.2, 0) is 26.3 Å². The summed E-state index contributed by atoms with van der Waals surface area (Å²) in [5, 5.41) is 9.80. The number of rotatable bonds is 6. The van der Waals surface area contributed by atoms with E-state index in [0.717, 1.165) is 12.3 Å². The molecule has 0 aliphatic heterocycles. The minimum atomic E-state index is -4.88. The second-order valence-electron chi connectivity index (χ2n) is 4.87. The minimum Gasteiger partial charge on any atom is -0.497 e. The van der Waals surface area contributed by atoms with E-state index in [1.807, 2.05) is 0 Å². The fourth-order valence-corrected chi connectivity index (χ4v) is 2.22. The normalized spacial score (nSPS) is 15.4. The first kappa shape index (κ1) is 18.7. The molecule has 0 amide bonds. The molecule has 0 radical (unpaired) electrons. The number of aliphatic hydroxyl groups is 1. The van der Waals surface area contributed by atoms with Crippen molar-refractivity contribution in [2.24, 2.45) is 0 Å². The predicted octanol–water partition coefficient (Wildman–Crippen LogP) is 1.98. The lowest BCUT2D eigenvalue weighted by atomic mass is 9.89. The van der Waals surface area contributed by atoms with E-state index in [1.165, 1.54) is 19.2 Å². The predicted molar refractivity (Wildman–Crippen MR) is 73.1 cm³/mol. The van der Waals surface area contributed by atoms with Crippen molar-refractivity contribution in [3.8, 4) is 5.75 Å². The van der Waals surface area contributed by atoms with Gasteiger partial charge in [-0.2, -0.15) is 21.6 Å². The van der Waals surface area contributed by atoms with Gasteiger partial charge < -0.3 is 9.84 Å². The first-order chi connectivity index (χ1) is 9.88. The Morgan fingerprint density at radius 1 is 1.27 bits per heavy atom. The van der Waals surface area contributed by atoms with Gasteiger partial charge in [0.25, 0.3) is 10.1 Å². The molecule has 1 atom stereocenters. The quantitative estimate of drug-likeness (QED) is 0.801. The van der Waals surface area contributed by atoms with Crippen molar-refractivity contribution in [2.75, 3.05) is 20.0 Å². The van der Waals surface area contributed by atoms with Crippen LogP contribution in [0, 0.1) is 0 Å². The Kier molecular flexibility index (Phi) is 5.47. The van der Waals surface area contributed by atoms with E-state index in [4.69, 9.17) is 4.74 Å². The third kappa shape index (κ3) is 4.59. The van der Waals surface area contributed by atoms with Gasteiger partial charge >= 0.3 is 6.18 Å². The second kappa shape index (κ2) is 6.43. The first-order valence-corrected chi connectivity index (χ1v) is 8.01. The summed E-state index contributed by atoms with van der Waals surface area (Å²) in [7, 11) is -2.36. The van der Waals surface area contributed by atoms with Crippen molar-refractivity contribution in [2.45, 2.75) is 25.1 Å². The molecule has 0 aliphatic carbocycles. The van der Waals surface area contributed by atoms with E-state index in [2.05, 4.69) is 4.18 Å². The monoisotopic (exact) mass is 342 g/mol. The molecule has 1 aromatic rings. The number of methoxy groups -OCH3 is 1. The maximum Gasteiger partial charge on any atom is 0.421 e. The summed E-state index contributed by atoms with van der Waals surface area (Å²) in [5.41, 5.74) is -3.36. The molecule has 0 fully saturated rings. The maximum atomic E-state index is 13.0. The number of ether oxygens (including phenoxy) is 1. The number of hydrogen-bond donors (Lipinski definition) is 1. The summed E-state index contributed by atoms with van der Waals surface area (Å²) in [6.07, 6.45) is -4.18. The van der Waals surface area contributed by atoms with E-state index >= 15 is 0 Å². The SMILES string of the molecule is COc1ccc(C(C)(O)C(F)(F)F)c(CCOS(C)(=O)=O)c1. The lowest BCUT2D eigenvalue weighted by molar-refractivity contribution is -0.259. The number of halogens is 3. The molecule has 1 aromatic carbocycles. The highest BCUT2D eigenvalue weighted by Crippen LogP contribution is 2.40. The van der Waals surface area contributed by atoms with Crippen LogP contribution < -0.4 is 4.74 Å². The Morgan fingerprint density at radius 2 is 1.86 bits per heavy atom. The van der Waals surface area contributed by atoms with Crippen LogP contribution >= 0.6 is 0 Å². The molecular formula is C13H17F3O5S. The Bertz CT molecular complexity index is 623. The number of alkyl halides is 3. The van der Waals surface area contributed by atoms with E-state index in [0.29, 0.717) is 6.92 Å². The van der Waals surface area contributed by atoms with Crippen LogP contribution in [0.3, 0.4) is 0 Å². The fraction of sp³-hybridized carbons (Fsp3) is 0.538. The molecule has 9 heteroatoms. The van der Waals surface area contributed by atoms with Crippen molar-refractivity contribution in [1.29, 1.82) is 0 Å². The van der Waals surface area contributed by atoms with Crippen LogP contribution in [0.1, 0.15) is 18.1 Å². The third-order valence-electron chi connectivity index (χ3n) is 3.06. The molecule has 5 nitrogen and oxygen atoms in total. The van der Waals surface area contributed by atoms with Gasteiger partial charge in [0.15, 0.2) is 5.60 Å². The van der Waals surface area contributed by atoms with Gasteiger partial charge in [0.2, 0.25) is 0 Å². The van der Waals surface area contributed by atoms with Crippen LogP contribution in [0.4, 0.5) is 13.2 Å². The molecule has 0 saturated heterocycles. The van der Waals surface area contributed by atoms with Crippen LogP contribution in [-0.4, -0.2) is 39.7 Å². The smallest absolute Gasteiger partial charge is 0.421 e. The van der Waals surface area contributed by atoms with Gasteiger partial charge in [-0.05, 0) is 36.6 Å². The van der Waals surface area contributed by atoms with Crippen molar-refractivity contribution < 1.29 is 35.6 Å². The van der Waals surface area contributed by atoms with Gasteiger partial charge in [0.05, 0.1) is 20.0 Å². The molecule has 0 heterocycles. The van der Waals surface area contributed by atoms with Crippen molar-refractivity contribution in [3.05, 3.63) is 29.3 Å². The maximum absolute atomic E-state index is 13.0. The highest BCUT2D eigenvalue weighted by molar-refractivity contribution is 7.85. The average molecular weight is 342 g/mol. The molecule has 22 heavy (non-hydrogen) atoms. The van der Waals surface area contributed by atoms with E-state index < -0.39 is 21.9 Å². The lowest BCUT2D eigenvalue weighted by Crippen LogP contribution is -2.40. The third-order valence-corrected chi connectivity index (χ3v) is 3.65. The van der Waals surface area contributed by atoms with Gasteiger partial charge in [0, 0.05) is 0 Å². The summed E-state index contributed by atoms with van der Waals surface area (Å²) in [4.78, 5) is 0. The van der Waals surface area contributed by atoms with Gasteiger partial charge in [-0.3, -0.25) is 4.18 Å². The molecule has 126 valence electrons. The summed E-state index contributed by atoms with van der Waals surface area (Å²) < 4.78 is 70.2. The Labute approximate surface area is 126 Å². The van der Waals surface area contributed by atoms with Gasteiger partial charge in [-0.25, -0.2) is 0 Å². The summed E-state index contributed by atoms with van der Waals surface area (Å²) in [5.74, 6) is 0.288. The van der Waals surface area contributed by atoms with E-state index in [1.54, 1.807) is 0 Å². The van der Waals surface area contributed by atoms with Gasteiger partial charge in [0.1, 0.15) is 5.75 Å². The Balaban J connectivity index is 3.17. The summed E-state index contributed by atoms with van der Waals surface area (Å²) >= 11 is 0. The van der Waals surface area contributed by atoms with Crippen molar-refractivity contribution in [1.82, 2.24) is 0 Å². The second-order valence-corrected chi connectivity index (χ2v) is 6.51. The molecule has 0 aromatic heterocycles. The van der Waals surface area contributed by atoms with E-state index in [9.17, 15) is 26.7 Å². The minimum absolute atomic E-state index is 0.0883. The molecule has 0 saturated carbocycles. The van der Waals surface area contributed by atoms with Crippen molar-refractivity contribution in [3.63, 3.8) is 0 Å². The van der Waals surface area contributed by atoms with Crippen LogP contribution in [0.25, 0.3) is 0 Å². The van der Waals surface area contributed by atoms with E-state index in [-0.39, 0.29) is 29.9 Å². The van der Waals surface area contributed by atoms with Gasteiger partial charge in [-0.15, -0.1) is 0 Å². The zero-order valence-corrected chi connectivity index (χ0v) is 13.1. The Hall–Kier alpha value is -1.32. The zero-order valence-electron chi connectivity index (χ0n) is 12.3. The average Bonchev–Trinajstić information content (AvgIpc) is 2.35. The molecule has 1 N–H and O–H groups in total. The van der Waals surface area contributed by atoms with Crippen LogP contribution in [0.15, 0.2) is 18.2 Å². The van der Waals surface area contributed by atoms with Crippen LogP contribution in [0.5, 0.6) is 5.75 Å². The molecule has 0 bridgehead atoms. The summed E-state index contributed by atoms with van der Waals surface area (Å²) in [6.45, 7) is 0.294. The lowest BCUT2D eigenvalue weighted by Gasteiger charge is -2.29. The highest BCUT2D eigenvalue weighted by Gasteiger charge is 2.52. The number of hydrogen-bond acceptors (Lipinski definition) is 5. The molecule has 0 aliphatic rings. The van der Waals surface area contributed by atoms with Gasteiger partial charge in [-0.1, -0.05) is 6.07 Å². The molecule has 0 spiro atoms. The molecule has 1 rings (SSSR count). The standard InChI is InChI=1S/C13H17F3O5S/c1-12(17,13(14,15)16)11-5-4-10(20-2)8-9(11)6-7-21-22(3,18)19/h4-5,8,17H,6-7H2,1-3H3. The Morgan fingerprint density at radius 3 is 2.32 bits per heavy atom. The largest absolute Gasteiger partial charge is 0.497 e.